The molecule has 30 heavy (non-hydrogen) atoms. The molecule has 0 saturated carbocycles. The molecule has 2 aromatic heterocycles. The zero-order valence-electron chi connectivity index (χ0n) is 17.0. The second kappa shape index (κ2) is 7.91. The number of nitrogens with zero attached hydrogens (tertiary/aromatic N) is 4. The van der Waals surface area contributed by atoms with Crippen molar-refractivity contribution in [2.75, 3.05) is 20.2 Å². The molecule has 1 aliphatic heterocycles. The molecule has 1 aromatic carbocycles. The number of hydrogen-bond donors (Lipinski definition) is 1. The van der Waals surface area contributed by atoms with Crippen LogP contribution in [0.3, 0.4) is 0 Å². The molecule has 1 aliphatic rings. The number of piperidine rings is 1. The van der Waals surface area contributed by atoms with E-state index in [1.165, 1.54) is 25.3 Å². The van der Waals surface area contributed by atoms with E-state index in [1.807, 2.05) is 19.9 Å². The van der Waals surface area contributed by atoms with Crippen molar-refractivity contribution in [3.63, 3.8) is 0 Å². The van der Waals surface area contributed by atoms with Crippen LogP contribution < -0.4 is 9.47 Å². The van der Waals surface area contributed by atoms with E-state index in [0.717, 1.165) is 11.4 Å². The van der Waals surface area contributed by atoms with E-state index in [9.17, 15) is 14.3 Å². The molecule has 0 spiro atoms. The fraction of sp³-hybridized carbons (Fsp3) is 0.381. The molecule has 3 heterocycles. The predicted molar refractivity (Wildman–Crippen MR) is 106 cm³/mol. The summed E-state index contributed by atoms with van der Waals surface area (Å²) in [5.41, 5.74) is 2.62. The highest BCUT2D eigenvalue weighted by Crippen LogP contribution is 2.30. The maximum absolute atomic E-state index is 13.4. The summed E-state index contributed by atoms with van der Waals surface area (Å²) in [6, 6.07) is 7.46. The van der Waals surface area contributed by atoms with Crippen LogP contribution in [0.2, 0.25) is 0 Å². The van der Waals surface area contributed by atoms with Gasteiger partial charge in [-0.1, -0.05) is 0 Å². The highest BCUT2D eigenvalue weighted by molar-refractivity contribution is 5.93. The first kappa shape index (κ1) is 20.1. The Kier molecular flexibility index (Phi) is 5.29. The van der Waals surface area contributed by atoms with Gasteiger partial charge in [0.1, 0.15) is 11.9 Å². The number of amides is 1. The minimum Gasteiger partial charge on any atom is -0.493 e. The van der Waals surface area contributed by atoms with Crippen molar-refractivity contribution >= 4 is 11.6 Å². The maximum atomic E-state index is 13.4. The Balaban J connectivity index is 1.54. The van der Waals surface area contributed by atoms with Crippen molar-refractivity contribution in [2.24, 2.45) is 0 Å². The van der Waals surface area contributed by atoms with Crippen LogP contribution in [0.25, 0.3) is 5.65 Å². The van der Waals surface area contributed by atoms with Gasteiger partial charge in [-0.15, -0.1) is 0 Å². The van der Waals surface area contributed by atoms with Gasteiger partial charge in [0.15, 0.2) is 22.8 Å². The molecule has 2 atom stereocenters. The van der Waals surface area contributed by atoms with Crippen LogP contribution in [0.1, 0.15) is 28.3 Å². The van der Waals surface area contributed by atoms with Crippen molar-refractivity contribution in [1.29, 1.82) is 0 Å². The van der Waals surface area contributed by atoms with Crippen LogP contribution in [0.4, 0.5) is 4.39 Å². The molecular formula is C21H23FN4O4. The number of halogens is 1. The molecule has 0 radical (unpaired) electrons. The normalized spacial score (nSPS) is 19.2. The number of aliphatic hydroxyl groups excluding tert-OH is 1. The van der Waals surface area contributed by atoms with Gasteiger partial charge in [0.05, 0.1) is 19.8 Å². The average Bonchev–Trinajstić information content (AvgIpc) is 3.14. The summed E-state index contributed by atoms with van der Waals surface area (Å²) in [7, 11) is 1.41. The summed E-state index contributed by atoms with van der Waals surface area (Å²) in [6.07, 6.45) is -1.10. The Morgan fingerprint density at radius 2 is 2.03 bits per heavy atom. The minimum absolute atomic E-state index is 0.167. The highest BCUT2D eigenvalue weighted by atomic mass is 19.1. The minimum atomic E-state index is -0.767. The number of aromatic nitrogens is 3. The summed E-state index contributed by atoms with van der Waals surface area (Å²) in [5.74, 6) is -0.182. The number of rotatable bonds is 4. The van der Waals surface area contributed by atoms with E-state index < -0.39 is 18.0 Å². The molecule has 158 valence electrons. The Morgan fingerprint density at radius 3 is 2.80 bits per heavy atom. The van der Waals surface area contributed by atoms with E-state index in [4.69, 9.17) is 9.47 Å². The largest absolute Gasteiger partial charge is 0.493 e. The second-order valence-electron chi connectivity index (χ2n) is 7.40. The quantitative estimate of drug-likeness (QED) is 0.704. The van der Waals surface area contributed by atoms with Gasteiger partial charge in [0.25, 0.3) is 5.91 Å². The zero-order valence-corrected chi connectivity index (χ0v) is 17.0. The molecule has 1 amide bonds. The lowest BCUT2D eigenvalue weighted by Crippen LogP contribution is -2.51. The van der Waals surface area contributed by atoms with E-state index in [-0.39, 0.29) is 23.9 Å². The Hall–Kier alpha value is -3.20. The summed E-state index contributed by atoms with van der Waals surface area (Å²) in [5, 5.41) is 14.8. The monoisotopic (exact) mass is 414 g/mol. The number of fused-ring (bicyclic) bond motifs is 1. The van der Waals surface area contributed by atoms with Crippen LogP contribution >= 0.6 is 0 Å². The fourth-order valence-electron chi connectivity index (χ4n) is 3.66. The number of hydrogen-bond acceptors (Lipinski definition) is 6. The number of carbonyl (C=O) groups excluding carboxylic acids is 1. The van der Waals surface area contributed by atoms with Crippen LogP contribution in [0.15, 0.2) is 30.3 Å². The molecular weight excluding hydrogens is 391 g/mol. The summed E-state index contributed by atoms with van der Waals surface area (Å²) < 4.78 is 26.1. The number of carbonyl (C=O) groups is 1. The lowest BCUT2D eigenvalue weighted by Gasteiger charge is -2.36. The topological polar surface area (TPSA) is 89.2 Å². The van der Waals surface area contributed by atoms with Gasteiger partial charge in [-0.3, -0.25) is 4.79 Å². The third kappa shape index (κ3) is 3.80. The van der Waals surface area contributed by atoms with Crippen LogP contribution in [-0.4, -0.2) is 62.9 Å². The Bertz CT molecular complexity index is 1100. The van der Waals surface area contributed by atoms with Crippen LogP contribution in [0, 0.1) is 19.7 Å². The number of benzene rings is 1. The number of aryl methyl sites for hydroxylation is 2. The number of methoxy groups -OCH3 is 1. The van der Waals surface area contributed by atoms with Crippen molar-refractivity contribution in [3.8, 4) is 11.5 Å². The lowest BCUT2D eigenvalue weighted by molar-refractivity contribution is -0.0202. The van der Waals surface area contributed by atoms with Crippen molar-refractivity contribution in [2.45, 2.75) is 32.5 Å². The summed E-state index contributed by atoms with van der Waals surface area (Å²) in [4.78, 5) is 19.1. The van der Waals surface area contributed by atoms with Crippen molar-refractivity contribution in [1.82, 2.24) is 19.5 Å². The van der Waals surface area contributed by atoms with E-state index in [2.05, 4.69) is 10.1 Å². The first-order valence-electron chi connectivity index (χ1n) is 9.67. The van der Waals surface area contributed by atoms with Gasteiger partial charge in [-0.05, 0) is 38.5 Å². The number of ether oxygens (including phenoxy) is 2. The van der Waals surface area contributed by atoms with Gasteiger partial charge in [-0.25, -0.2) is 13.9 Å². The molecule has 4 rings (SSSR count). The lowest BCUT2D eigenvalue weighted by atomic mass is 10.0. The summed E-state index contributed by atoms with van der Waals surface area (Å²) >= 11 is 0. The average molecular weight is 414 g/mol. The third-order valence-corrected chi connectivity index (χ3v) is 5.17. The third-order valence-electron chi connectivity index (χ3n) is 5.17. The van der Waals surface area contributed by atoms with E-state index in [1.54, 1.807) is 15.5 Å². The molecule has 1 fully saturated rings. The van der Waals surface area contributed by atoms with Gasteiger partial charge >= 0.3 is 0 Å². The second-order valence-corrected chi connectivity index (χ2v) is 7.40. The van der Waals surface area contributed by atoms with Crippen molar-refractivity contribution in [3.05, 3.63) is 53.2 Å². The van der Waals surface area contributed by atoms with Gasteiger partial charge < -0.3 is 19.5 Å². The maximum Gasteiger partial charge on any atom is 0.274 e. The molecule has 1 saturated heterocycles. The number of likely N-dealkylation sites (tertiary alicyclic amines) is 1. The molecule has 1 N–H and O–H groups in total. The highest BCUT2D eigenvalue weighted by Gasteiger charge is 2.33. The fourth-order valence-corrected chi connectivity index (χ4v) is 3.66. The molecule has 9 heteroatoms. The molecule has 0 bridgehead atoms. The smallest absolute Gasteiger partial charge is 0.274 e. The van der Waals surface area contributed by atoms with Crippen molar-refractivity contribution < 1.29 is 23.8 Å². The van der Waals surface area contributed by atoms with Crippen LogP contribution in [0.5, 0.6) is 11.5 Å². The zero-order chi connectivity index (χ0) is 21.4. The first-order chi connectivity index (χ1) is 14.4. The molecule has 0 unspecified atom stereocenters. The molecule has 0 aliphatic carbocycles. The van der Waals surface area contributed by atoms with Crippen LogP contribution in [-0.2, 0) is 0 Å². The summed E-state index contributed by atoms with van der Waals surface area (Å²) in [6.45, 7) is 4.33. The number of aliphatic hydroxyl groups is 1. The standard InChI is InChI=1S/C21H23FN4O4/c1-12-8-13(2)26-20(23-12)10-15(24-26)21(28)25-7-6-16(27)19(11-25)30-17-5-4-14(22)9-18(17)29-3/h4-5,8-10,16,19,27H,6-7,11H2,1-3H3/t16-,19-/m1/s1. The SMILES string of the molecule is COc1cc(F)ccc1O[C@@H]1CN(C(=O)c2cc3nc(C)cc(C)n3n2)CC[C@H]1O. The first-order valence-corrected chi connectivity index (χ1v) is 9.67. The van der Waals surface area contributed by atoms with Gasteiger partial charge in [0, 0.05) is 30.1 Å². The van der Waals surface area contributed by atoms with E-state index >= 15 is 0 Å². The Morgan fingerprint density at radius 1 is 1.23 bits per heavy atom. The van der Waals surface area contributed by atoms with Gasteiger partial charge in [0.2, 0.25) is 0 Å². The predicted octanol–water partition coefficient (Wildman–Crippen LogP) is 2.15. The van der Waals surface area contributed by atoms with Gasteiger partial charge in [-0.2, -0.15) is 5.10 Å². The Labute approximate surface area is 172 Å². The van der Waals surface area contributed by atoms with E-state index in [0.29, 0.717) is 24.4 Å². The molecule has 3 aromatic rings. The molecule has 8 nitrogen and oxygen atoms in total.